The van der Waals surface area contributed by atoms with Gasteiger partial charge in [0.1, 0.15) is 0 Å². The predicted octanol–water partition coefficient (Wildman–Crippen LogP) is 1.99. The molecule has 0 atom stereocenters. The molecule has 6 nitrogen and oxygen atoms in total. The Morgan fingerprint density at radius 3 is 1.79 bits per heavy atom. The second-order valence-electron chi connectivity index (χ2n) is 2.28. The van der Waals surface area contributed by atoms with Gasteiger partial charge in [0.15, 0.2) is 0 Å². The molecule has 0 unspecified atom stereocenters. The third-order valence-corrected chi connectivity index (χ3v) is 7.52. The first kappa shape index (κ1) is 9.74. The van der Waals surface area contributed by atoms with E-state index in [2.05, 4.69) is 0 Å². The number of rotatable bonds is 2. The molecule has 0 aromatic carbocycles. The minimum atomic E-state index is -0.488. The zero-order chi connectivity index (χ0) is 10.3. The van der Waals surface area contributed by atoms with E-state index in [0.717, 1.165) is 21.6 Å². The lowest BCUT2D eigenvalue weighted by atomic mass is 10.4. The van der Waals surface area contributed by atoms with Crippen LogP contribution in [0.1, 0.15) is 0 Å². The van der Waals surface area contributed by atoms with Crippen molar-refractivity contribution in [2.75, 3.05) is 0 Å². The molecule has 74 valence electrons. The van der Waals surface area contributed by atoms with Gasteiger partial charge in [0.2, 0.25) is 0 Å². The average Bonchev–Trinajstić information content (AvgIpc) is 2.57. The first-order chi connectivity index (χ1) is 6.58. The van der Waals surface area contributed by atoms with E-state index < -0.39 is 18.4 Å². The van der Waals surface area contributed by atoms with E-state index in [0.29, 0.717) is 4.86 Å². The maximum Gasteiger partial charge on any atom is 0.315 e. The van der Waals surface area contributed by atoms with E-state index in [-0.39, 0.29) is 10.1 Å². The van der Waals surface area contributed by atoms with E-state index >= 15 is 0 Å². The van der Waals surface area contributed by atoms with Gasteiger partial charge in [-0.15, -0.1) is 0 Å². The predicted molar refractivity (Wildman–Crippen MR) is 57.9 cm³/mol. The Morgan fingerprint density at radius 2 is 1.50 bits per heavy atom. The van der Waals surface area contributed by atoms with Gasteiger partial charge in [0, 0.05) is 38.6 Å². The molecule has 2 aliphatic heterocycles. The number of allylic oxidation sites excluding steroid dienone is 2. The molecule has 0 aliphatic carbocycles. The molecular weight excluding hydrogens is 248 g/mol. The summed E-state index contributed by atoms with van der Waals surface area (Å²) in [5, 5.41) is 20.9. The molecule has 9 heteroatoms. The quantitative estimate of drug-likeness (QED) is 0.322. The molecule has 0 fully saturated rings. The molecular formula is C5H2N2O4S3. The number of nitrogens with zero attached hydrogens (tertiary/aromatic N) is 2. The van der Waals surface area contributed by atoms with Crippen LogP contribution >= 0.6 is 30.1 Å². The van der Waals surface area contributed by atoms with Crippen molar-refractivity contribution in [3.63, 3.8) is 0 Å². The molecule has 2 rings (SSSR count). The number of hydrogen-bond acceptors (Lipinski definition) is 6. The third-order valence-electron chi connectivity index (χ3n) is 1.41. The van der Waals surface area contributed by atoms with E-state index in [1.165, 1.54) is 12.2 Å². The Morgan fingerprint density at radius 1 is 1.07 bits per heavy atom. The van der Waals surface area contributed by atoms with Crippen molar-refractivity contribution in [1.82, 2.24) is 0 Å². The smallest absolute Gasteiger partial charge is 0.258 e. The topological polar surface area (TPSA) is 86.3 Å². The summed E-state index contributed by atoms with van der Waals surface area (Å²) < 4.78 is 0. The summed E-state index contributed by atoms with van der Waals surface area (Å²) in [6.45, 7) is 0. The third kappa shape index (κ3) is 1.57. The Labute approximate surface area is 87.5 Å². The van der Waals surface area contributed by atoms with Crippen molar-refractivity contribution in [3.05, 3.63) is 42.4 Å². The minimum absolute atomic E-state index is 0.0643. The van der Waals surface area contributed by atoms with Gasteiger partial charge in [-0.1, -0.05) is 0 Å². The van der Waals surface area contributed by atoms with E-state index in [1.807, 2.05) is 0 Å². The van der Waals surface area contributed by atoms with Crippen LogP contribution in [0.15, 0.2) is 22.2 Å². The van der Waals surface area contributed by atoms with Crippen LogP contribution in [0.2, 0.25) is 0 Å². The molecule has 0 spiro atoms. The maximum atomic E-state index is 10.4. The first-order valence-electron chi connectivity index (χ1n) is 3.28. The molecule has 0 saturated carbocycles. The van der Waals surface area contributed by atoms with Crippen LogP contribution in [-0.4, -0.2) is 14.7 Å². The van der Waals surface area contributed by atoms with E-state index in [9.17, 15) is 20.2 Å². The summed E-state index contributed by atoms with van der Waals surface area (Å²) in [5.41, 5.74) is 0. The Kier molecular flexibility index (Phi) is 2.37. The normalized spacial score (nSPS) is 20.4. The summed E-state index contributed by atoms with van der Waals surface area (Å²) in [4.78, 5) is 20.5. The Balaban J connectivity index is 2.22. The molecule has 0 aromatic heterocycles. The summed E-state index contributed by atoms with van der Waals surface area (Å²) >= 11 is 0. The Hall–Kier alpha value is -0.800. The summed E-state index contributed by atoms with van der Waals surface area (Å²) in [6, 6.07) is 0. The second kappa shape index (κ2) is 3.41. The molecule has 0 aromatic rings. The fourth-order valence-electron chi connectivity index (χ4n) is 0.864. The minimum Gasteiger partial charge on any atom is -0.258 e. The average molecular weight is 250 g/mol. The standard InChI is InChI=1S/C5H2N2O4S3/c8-6(9)4-1-3-2-5(7(10)11)13-14(3)12-4/h1-2H. The molecule has 0 bridgehead atoms. The summed E-state index contributed by atoms with van der Waals surface area (Å²) in [7, 11) is 1.65. The maximum absolute atomic E-state index is 10.4. The van der Waals surface area contributed by atoms with Crippen molar-refractivity contribution >= 4 is 35.0 Å². The fraction of sp³-hybridized carbons (Fsp3) is 0. The molecule has 0 saturated heterocycles. The van der Waals surface area contributed by atoms with E-state index in [1.54, 1.807) is 0 Å². The van der Waals surface area contributed by atoms with Crippen molar-refractivity contribution in [2.24, 2.45) is 0 Å². The van der Waals surface area contributed by atoms with Crippen molar-refractivity contribution in [2.45, 2.75) is 0 Å². The Bertz CT molecular complexity index is 400. The summed E-state index contributed by atoms with van der Waals surface area (Å²) in [6.07, 6.45) is 2.80. The van der Waals surface area contributed by atoms with Crippen LogP contribution < -0.4 is 0 Å². The van der Waals surface area contributed by atoms with E-state index in [4.69, 9.17) is 0 Å². The van der Waals surface area contributed by atoms with Crippen molar-refractivity contribution in [1.29, 1.82) is 0 Å². The van der Waals surface area contributed by atoms with Crippen LogP contribution in [0.25, 0.3) is 0 Å². The number of nitro groups is 2. The van der Waals surface area contributed by atoms with Crippen LogP contribution in [0.5, 0.6) is 0 Å². The van der Waals surface area contributed by atoms with Crippen LogP contribution in [0.3, 0.4) is 0 Å². The SMILES string of the molecule is O=[N+]([O-])C1=CC2=S(S1)SC([N+](=O)[O-])=C2. The van der Waals surface area contributed by atoms with Gasteiger partial charge in [-0.25, -0.2) is 0 Å². The lowest BCUT2D eigenvalue weighted by Crippen LogP contribution is -1.95. The lowest BCUT2D eigenvalue weighted by Gasteiger charge is -1.94. The van der Waals surface area contributed by atoms with Gasteiger partial charge in [-0.05, 0) is 8.55 Å². The van der Waals surface area contributed by atoms with Gasteiger partial charge in [-0.2, -0.15) is 0 Å². The highest BCUT2D eigenvalue weighted by Crippen LogP contribution is 2.58. The van der Waals surface area contributed by atoms with Gasteiger partial charge >= 0.3 is 10.1 Å². The highest BCUT2D eigenvalue weighted by Gasteiger charge is 2.33. The second-order valence-corrected chi connectivity index (χ2v) is 8.03. The van der Waals surface area contributed by atoms with Gasteiger partial charge in [0.05, 0.1) is 9.85 Å². The molecule has 0 amide bonds. The molecule has 2 aliphatic rings. The molecule has 2 heterocycles. The lowest BCUT2D eigenvalue weighted by molar-refractivity contribution is -0.410. The monoisotopic (exact) mass is 250 g/mol. The number of hydrogen-bond donors (Lipinski definition) is 0. The molecule has 0 N–H and O–H groups in total. The van der Waals surface area contributed by atoms with Crippen molar-refractivity contribution in [3.8, 4) is 0 Å². The molecule has 0 radical (unpaired) electrons. The fourth-order valence-corrected chi connectivity index (χ4v) is 6.84. The van der Waals surface area contributed by atoms with Crippen LogP contribution in [0.4, 0.5) is 0 Å². The molecule has 14 heavy (non-hydrogen) atoms. The largest absolute Gasteiger partial charge is 0.315 e. The van der Waals surface area contributed by atoms with Gasteiger partial charge < -0.3 is 0 Å². The summed E-state index contributed by atoms with van der Waals surface area (Å²) in [5.74, 6) is 0. The van der Waals surface area contributed by atoms with Crippen molar-refractivity contribution < 1.29 is 9.85 Å². The highest BCUT2D eigenvalue weighted by molar-refractivity contribution is 9.17. The first-order valence-corrected chi connectivity index (χ1v) is 7.17. The van der Waals surface area contributed by atoms with Crippen LogP contribution in [0, 0.1) is 20.2 Å². The zero-order valence-electron chi connectivity index (χ0n) is 6.41. The van der Waals surface area contributed by atoms with Crippen LogP contribution in [-0.2, 0) is 0 Å². The van der Waals surface area contributed by atoms with Gasteiger partial charge in [-0.3, -0.25) is 20.2 Å². The van der Waals surface area contributed by atoms with Gasteiger partial charge in [0.25, 0.3) is 0 Å². The highest BCUT2D eigenvalue weighted by atomic mass is 33.5. The zero-order valence-corrected chi connectivity index (χ0v) is 8.86.